The van der Waals surface area contributed by atoms with Crippen LogP contribution in [-0.4, -0.2) is 32.7 Å². The number of carbonyl (C=O) groups excluding carboxylic acids is 1. The highest BCUT2D eigenvalue weighted by molar-refractivity contribution is 5.91. The van der Waals surface area contributed by atoms with Gasteiger partial charge in [-0.05, 0) is 0 Å². The maximum atomic E-state index is 12.1. The third-order valence-corrected chi connectivity index (χ3v) is 2.72. The first-order chi connectivity index (χ1) is 9.59. The van der Waals surface area contributed by atoms with E-state index in [-0.39, 0.29) is 23.8 Å². The summed E-state index contributed by atoms with van der Waals surface area (Å²) in [6.45, 7) is 0.132. The van der Waals surface area contributed by atoms with E-state index in [9.17, 15) is 14.9 Å². The van der Waals surface area contributed by atoms with Crippen molar-refractivity contribution in [1.82, 2.24) is 14.9 Å². The normalized spacial score (nSPS) is 10.1. The molecule has 102 valence electrons. The lowest BCUT2D eigenvalue weighted by atomic mass is 10.1. The summed E-state index contributed by atoms with van der Waals surface area (Å²) in [6, 6.07) is 6.32. The third kappa shape index (κ3) is 2.94. The molecular weight excluding hydrogens is 260 g/mol. The molecule has 0 aliphatic heterocycles. The van der Waals surface area contributed by atoms with E-state index in [0.717, 1.165) is 0 Å². The van der Waals surface area contributed by atoms with Crippen molar-refractivity contribution in [2.24, 2.45) is 0 Å². The van der Waals surface area contributed by atoms with Gasteiger partial charge in [0.1, 0.15) is 5.69 Å². The maximum absolute atomic E-state index is 12.1. The molecule has 1 amide bonds. The number of nitro benzene ring substituents is 1. The zero-order chi connectivity index (χ0) is 14.5. The molecule has 20 heavy (non-hydrogen) atoms. The largest absolute Gasteiger partial charge is 0.336 e. The molecule has 0 saturated heterocycles. The molecule has 7 nitrogen and oxygen atoms in total. The molecule has 0 spiro atoms. The lowest BCUT2D eigenvalue weighted by Gasteiger charge is -2.16. The van der Waals surface area contributed by atoms with Gasteiger partial charge in [-0.2, -0.15) is 0 Å². The summed E-state index contributed by atoms with van der Waals surface area (Å²) in [7, 11) is 1.56. The average molecular weight is 272 g/mol. The van der Waals surface area contributed by atoms with Crippen molar-refractivity contribution < 1.29 is 9.72 Å². The van der Waals surface area contributed by atoms with Crippen LogP contribution >= 0.6 is 0 Å². The summed E-state index contributed by atoms with van der Waals surface area (Å²) in [5.41, 5.74) is 0.664. The van der Waals surface area contributed by atoms with E-state index >= 15 is 0 Å². The van der Waals surface area contributed by atoms with Gasteiger partial charge in [0.05, 0.1) is 17.7 Å². The fourth-order valence-electron chi connectivity index (χ4n) is 1.76. The Hall–Kier alpha value is -2.83. The van der Waals surface area contributed by atoms with Gasteiger partial charge in [0.15, 0.2) is 0 Å². The zero-order valence-corrected chi connectivity index (χ0v) is 10.8. The fourth-order valence-corrected chi connectivity index (χ4v) is 1.76. The summed E-state index contributed by atoms with van der Waals surface area (Å²) in [5, 5.41) is 10.9. The van der Waals surface area contributed by atoms with Crippen molar-refractivity contribution in [2.75, 3.05) is 7.05 Å². The second-order valence-electron chi connectivity index (χ2n) is 4.14. The van der Waals surface area contributed by atoms with Crippen LogP contribution in [0.25, 0.3) is 0 Å². The minimum atomic E-state index is -0.462. The first-order valence-electron chi connectivity index (χ1n) is 5.83. The van der Waals surface area contributed by atoms with Crippen LogP contribution in [0.3, 0.4) is 0 Å². The molecular formula is C13H12N4O3. The highest BCUT2D eigenvalue weighted by atomic mass is 16.6. The van der Waals surface area contributed by atoms with Crippen LogP contribution in [0.15, 0.2) is 42.9 Å². The van der Waals surface area contributed by atoms with Gasteiger partial charge in [-0.3, -0.25) is 19.9 Å². The Morgan fingerprint density at radius 1 is 1.35 bits per heavy atom. The molecule has 0 fully saturated rings. The van der Waals surface area contributed by atoms with Crippen molar-refractivity contribution in [3.63, 3.8) is 0 Å². The van der Waals surface area contributed by atoms with Gasteiger partial charge < -0.3 is 4.90 Å². The number of nitrogens with zero attached hydrogens (tertiary/aromatic N) is 4. The molecule has 2 rings (SSSR count). The van der Waals surface area contributed by atoms with E-state index in [0.29, 0.717) is 5.56 Å². The third-order valence-electron chi connectivity index (χ3n) is 2.72. The molecule has 7 heteroatoms. The van der Waals surface area contributed by atoms with E-state index in [1.54, 1.807) is 25.2 Å². The van der Waals surface area contributed by atoms with Crippen LogP contribution in [0, 0.1) is 10.1 Å². The van der Waals surface area contributed by atoms with Gasteiger partial charge in [-0.1, -0.05) is 18.2 Å². The quantitative estimate of drug-likeness (QED) is 0.623. The second kappa shape index (κ2) is 5.87. The monoisotopic (exact) mass is 272 g/mol. The topological polar surface area (TPSA) is 89.2 Å². The van der Waals surface area contributed by atoms with Crippen molar-refractivity contribution in [3.8, 4) is 0 Å². The molecule has 2 aromatic rings. The van der Waals surface area contributed by atoms with Gasteiger partial charge in [-0.25, -0.2) is 4.98 Å². The van der Waals surface area contributed by atoms with Crippen LogP contribution in [0.2, 0.25) is 0 Å². The maximum Gasteiger partial charge on any atom is 0.274 e. The number of hydrogen-bond acceptors (Lipinski definition) is 5. The molecule has 0 N–H and O–H groups in total. The molecule has 0 aliphatic rings. The number of aromatic nitrogens is 2. The number of hydrogen-bond donors (Lipinski definition) is 0. The number of nitro groups is 1. The van der Waals surface area contributed by atoms with Gasteiger partial charge in [0.2, 0.25) is 0 Å². The van der Waals surface area contributed by atoms with E-state index in [2.05, 4.69) is 9.97 Å². The van der Waals surface area contributed by atoms with Gasteiger partial charge >= 0.3 is 0 Å². The van der Waals surface area contributed by atoms with Crippen molar-refractivity contribution in [1.29, 1.82) is 0 Å². The Morgan fingerprint density at radius 3 is 2.75 bits per heavy atom. The lowest BCUT2D eigenvalue weighted by Crippen LogP contribution is -2.27. The van der Waals surface area contributed by atoms with E-state index in [1.807, 2.05) is 0 Å². The van der Waals surface area contributed by atoms with E-state index in [1.165, 1.54) is 29.6 Å². The Balaban J connectivity index is 2.18. The molecule has 0 aliphatic carbocycles. The first kappa shape index (κ1) is 13.6. The number of amides is 1. The highest BCUT2D eigenvalue weighted by Gasteiger charge is 2.18. The summed E-state index contributed by atoms with van der Waals surface area (Å²) in [5.74, 6) is -0.337. The lowest BCUT2D eigenvalue weighted by molar-refractivity contribution is -0.385. The van der Waals surface area contributed by atoms with Gasteiger partial charge in [0, 0.05) is 31.1 Å². The van der Waals surface area contributed by atoms with Crippen molar-refractivity contribution in [2.45, 2.75) is 6.54 Å². The van der Waals surface area contributed by atoms with E-state index in [4.69, 9.17) is 0 Å². The standard InChI is InChI=1S/C13H12N4O3/c1-16(13(18)11-8-14-6-7-15-11)9-10-4-2-3-5-12(10)17(19)20/h2-8H,9H2,1H3. The van der Waals surface area contributed by atoms with Crippen LogP contribution in [0.4, 0.5) is 5.69 Å². The summed E-state index contributed by atoms with van der Waals surface area (Å²) >= 11 is 0. The molecule has 0 bridgehead atoms. The Labute approximate surface area is 115 Å². The number of rotatable bonds is 4. The molecule has 0 radical (unpaired) electrons. The minimum absolute atomic E-state index is 0.00806. The van der Waals surface area contributed by atoms with Crippen LogP contribution in [-0.2, 0) is 6.54 Å². The summed E-state index contributed by atoms with van der Waals surface area (Å²) in [6.07, 6.45) is 4.25. The molecule has 0 saturated carbocycles. The fraction of sp³-hybridized carbons (Fsp3) is 0.154. The Morgan fingerprint density at radius 2 is 2.10 bits per heavy atom. The number of benzene rings is 1. The Bertz CT molecular complexity index is 631. The molecule has 0 unspecified atom stereocenters. The highest BCUT2D eigenvalue weighted by Crippen LogP contribution is 2.19. The summed E-state index contributed by atoms with van der Waals surface area (Å²) in [4.78, 5) is 31.6. The molecule has 1 aromatic carbocycles. The van der Waals surface area contributed by atoms with E-state index < -0.39 is 4.92 Å². The minimum Gasteiger partial charge on any atom is -0.336 e. The van der Waals surface area contributed by atoms with Gasteiger partial charge in [0.25, 0.3) is 11.6 Å². The predicted molar refractivity (Wildman–Crippen MR) is 70.9 cm³/mol. The molecule has 1 heterocycles. The first-order valence-corrected chi connectivity index (χ1v) is 5.83. The second-order valence-corrected chi connectivity index (χ2v) is 4.14. The van der Waals surface area contributed by atoms with Crippen molar-refractivity contribution in [3.05, 3.63) is 64.2 Å². The average Bonchev–Trinajstić information content (AvgIpc) is 2.47. The van der Waals surface area contributed by atoms with Crippen LogP contribution < -0.4 is 0 Å². The molecule has 0 atom stereocenters. The number of carbonyl (C=O) groups is 1. The Kier molecular flexibility index (Phi) is 3.99. The number of para-hydroxylation sites is 1. The smallest absolute Gasteiger partial charge is 0.274 e. The summed E-state index contributed by atoms with van der Waals surface area (Å²) < 4.78 is 0. The predicted octanol–water partition coefficient (Wildman–Crippen LogP) is 1.66. The van der Waals surface area contributed by atoms with Crippen molar-refractivity contribution >= 4 is 11.6 Å². The van der Waals surface area contributed by atoms with Crippen LogP contribution in [0.5, 0.6) is 0 Å². The molecule has 1 aromatic heterocycles. The SMILES string of the molecule is CN(Cc1ccccc1[N+](=O)[O-])C(=O)c1cnccn1. The van der Waals surface area contributed by atoms with Crippen LogP contribution in [0.1, 0.15) is 16.1 Å². The zero-order valence-electron chi connectivity index (χ0n) is 10.8. The van der Waals surface area contributed by atoms with Gasteiger partial charge in [-0.15, -0.1) is 0 Å².